The molecule has 8 rings (SSSR count). The molecule has 10 heteroatoms. The van der Waals surface area contributed by atoms with E-state index in [0.717, 1.165) is 78.6 Å². The molecule has 5 heterocycles. The maximum absolute atomic E-state index is 6.58. The summed E-state index contributed by atoms with van der Waals surface area (Å²) in [5.74, 6) is 1.38. The largest absolute Gasteiger partial charge is 0.497 e. The molecule has 45 heavy (non-hydrogen) atoms. The highest BCUT2D eigenvalue weighted by molar-refractivity contribution is 6.31. The molecule has 4 saturated heterocycles. The van der Waals surface area contributed by atoms with Crippen LogP contribution in [0, 0.1) is 23.7 Å². The first-order chi connectivity index (χ1) is 21.7. The second-order valence-corrected chi connectivity index (χ2v) is 14.2. The van der Waals surface area contributed by atoms with Gasteiger partial charge in [-0.1, -0.05) is 25.4 Å². The summed E-state index contributed by atoms with van der Waals surface area (Å²) in [5, 5.41) is 6.44. The molecular formula is C35H46ClN3O6. The van der Waals surface area contributed by atoms with E-state index in [-0.39, 0.29) is 18.1 Å². The molecule has 0 amide bonds. The number of nitrogens with zero attached hydrogens (tertiary/aromatic N) is 2. The van der Waals surface area contributed by atoms with Gasteiger partial charge in [-0.3, -0.25) is 0 Å². The van der Waals surface area contributed by atoms with Crippen LogP contribution < -0.4 is 10.1 Å². The highest BCUT2D eigenvalue weighted by atomic mass is 35.5. The van der Waals surface area contributed by atoms with Crippen molar-refractivity contribution in [2.75, 3.05) is 45.7 Å². The number of nitrogens with one attached hydrogen (secondary N) is 1. The Hall–Kier alpha value is -2.24. The number of aromatic nitrogens is 1. The second-order valence-electron chi connectivity index (χ2n) is 13.8. The Balaban J connectivity index is 0.945. The fourth-order valence-electron chi connectivity index (χ4n) is 8.28. The molecule has 5 aliphatic rings. The molecule has 0 radical (unpaired) electrons. The van der Waals surface area contributed by atoms with Crippen LogP contribution >= 0.6 is 11.6 Å². The molecule has 2 aromatic carbocycles. The SMILES string of the molecule is COc1ccc2nc3cc(Cl)ccc3c(NCCCN(C)CCO[C@H]3O[C@@H]4OC5(C)CC[C@H]6[C@H](C)CC[C@@H]([C@H]3C)[C@@]46OO5)c2c1. The minimum atomic E-state index is -0.773. The summed E-state index contributed by atoms with van der Waals surface area (Å²) >= 11 is 6.29. The third-order valence-corrected chi connectivity index (χ3v) is 11.0. The van der Waals surface area contributed by atoms with Crippen LogP contribution in [0.15, 0.2) is 36.4 Å². The van der Waals surface area contributed by atoms with Crippen LogP contribution in [0.2, 0.25) is 5.02 Å². The molecule has 1 aromatic heterocycles. The number of rotatable bonds is 10. The number of pyridine rings is 1. The van der Waals surface area contributed by atoms with Gasteiger partial charge in [0.1, 0.15) is 5.75 Å². The van der Waals surface area contributed by atoms with Gasteiger partial charge in [-0.15, -0.1) is 0 Å². The van der Waals surface area contributed by atoms with E-state index in [2.05, 4.69) is 31.1 Å². The van der Waals surface area contributed by atoms with Crippen molar-refractivity contribution in [3.63, 3.8) is 0 Å². The van der Waals surface area contributed by atoms with Gasteiger partial charge in [0.25, 0.3) is 0 Å². The van der Waals surface area contributed by atoms with Crippen LogP contribution in [0.25, 0.3) is 21.8 Å². The van der Waals surface area contributed by atoms with Crippen molar-refractivity contribution in [1.82, 2.24) is 9.88 Å². The summed E-state index contributed by atoms with van der Waals surface area (Å²) < 4.78 is 25.0. The molecule has 5 fully saturated rings. The fourth-order valence-corrected chi connectivity index (χ4v) is 8.44. The normalized spacial score (nSPS) is 34.2. The average molecular weight is 640 g/mol. The van der Waals surface area contributed by atoms with Gasteiger partial charge in [-0.05, 0) is 94.4 Å². The van der Waals surface area contributed by atoms with Crippen molar-refractivity contribution in [2.45, 2.75) is 76.8 Å². The van der Waals surface area contributed by atoms with E-state index in [1.165, 1.54) is 6.42 Å². The molecule has 4 aliphatic heterocycles. The number of methoxy groups -OCH3 is 1. The first-order valence-corrected chi connectivity index (χ1v) is 16.9. The second kappa shape index (κ2) is 12.4. The van der Waals surface area contributed by atoms with Crippen molar-refractivity contribution in [3.8, 4) is 5.75 Å². The molecule has 1 spiro atoms. The Morgan fingerprint density at radius 3 is 2.73 bits per heavy atom. The van der Waals surface area contributed by atoms with Gasteiger partial charge in [0.05, 0.1) is 30.4 Å². The number of anilines is 1. The summed E-state index contributed by atoms with van der Waals surface area (Å²) in [5.41, 5.74) is 2.27. The standard InChI is InChI=1S/C35H46ClN3O6/c1-21-7-11-28-22(2)32(42-33-35(28)27(21)13-14-34(3,43-33)44-45-35)41-18-17-39(4)16-6-15-37-31-25-10-8-23(36)19-30(25)38-29-12-9-24(40-5)20-26(29)31/h8-10,12,19-22,27-28,32-33H,6-7,11,13-18H2,1-5H3,(H,37,38)/t21-,22-,27+,28+,32+,33-,34?,35-/m1/s1. The minimum absolute atomic E-state index is 0.180. The molecule has 1 saturated carbocycles. The lowest BCUT2D eigenvalue weighted by molar-refractivity contribution is -0.577. The molecule has 1 unspecified atom stereocenters. The highest BCUT2D eigenvalue weighted by Crippen LogP contribution is 2.60. The third-order valence-electron chi connectivity index (χ3n) is 10.8. The highest BCUT2D eigenvalue weighted by Gasteiger charge is 2.69. The van der Waals surface area contributed by atoms with Crippen LogP contribution in [0.1, 0.15) is 52.9 Å². The predicted molar refractivity (Wildman–Crippen MR) is 174 cm³/mol. The number of ether oxygens (including phenoxy) is 4. The summed E-state index contributed by atoms with van der Waals surface area (Å²) in [6, 6.07) is 11.8. The number of likely N-dealkylation sites (N-methyl/N-ethyl adjacent to an activating group) is 1. The van der Waals surface area contributed by atoms with E-state index < -0.39 is 17.7 Å². The molecule has 1 N–H and O–H groups in total. The van der Waals surface area contributed by atoms with E-state index in [1.807, 2.05) is 43.3 Å². The monoisotopic (exact) mass is 639 g/mol. The van der Waals surface area contributed by atoms with Gasteiger partial charge in [-0.2, -0.15) is 0 Å². The lowest BCUT2D eigenvalue weighted by Gasteiger charge is -2.60. The van der Waals surface area contributed by atoms with Crippen LogP contribution in [0.4, 0.5) is 5.69 Å². The molecular weight excluding hydrogens is 594 g/mol. The summed E-state index contributed by atoms with van der Waals surface area (Å²) in [7, 11) is 3.82. The van der Waals surface area contributed by atoms with Crippen LogP contribution in [-0.4, -0.2) is 74.3 Å². The van der Waals surface area contributed by atoms with Crippen molar-refractivity contribution in [1.29, 1.82) is 0 Å². The van der Waals surface area contributed by atoms with Crippen molar-refractivity contribution in [3.05, 3.63) is 41.4 Å². The van der Waals surface area contributed by atoms with Crippen molar-refractivity contribution < 1.29 is 28.7 Å². The van der Waals surface area contributed by atoms with Crippen molar-refractivity contribution in [2.24, 2.45) is 23.7 Å². The molecule has 2 bridgehead atoms. The van der Waals surface area contributed by atoms with E-state index in [9.17, 15) is 0 Å². The summed E-state index contributed by atoms with van der Waals surface area (Å²) in [4.78, 5) is 19.3. The van der Waals surface area contributed by atoms with Crippen LogP contribution in [0.3, 0.4) is 0 Å². The smallest absolute Gasteiger partial charge is 0.201 e. The van der Waals surface area contributed by atoms with E-state index in [0.29, 0.717) is 23.5 Å². The Labute approximate surface area is 270 Å². The molecule has 244 valence electrons. The zero-order chi connectivity index (χ0) is 31.3. The maximum atomic E-state index is 6.58. The lowest BCUT2D eigenvalue weighted by Crippen LogP contribution is -2.70. The first kappa shape index (κ1) is 31.4. The first-order valence-electron chi connectivity index (χ1n) is 16.5. The topological polar surface area (TPSA) is 83.5 Å². The Morgan fingerprint density at radius 1 is 1.02 bits per heavy atom. The Kier molecular flexibility index (Phi) is 8.65. The Morgan fingerprint density at radius 2 is 1.89 bits per heavy atom. The van der Waals surface area contributed by atoms with E-state index >= 15 is 0 Å². The van der Waals surface area contributed by atoms with Gasteiger partial charge >= 0.3 is 0 Å². The number of benzene rings is 2. The van der Waals surface area contributed by atoms with E-state index in [1.54, 1.807) is 7.11 Å². The van der Waals surface area contributed by atoms with Crippen LogP contribution in [0.5, 0.6) is 5.75 Å². The zero-order valence-corrected chi connectivity index (χ0v) is 27.8. The van der Waals surface area contributed by atoms with Gasteiger partial charge < -0.3 is 29.2 Å². The summed E-state index contributed by atoms with van der Waals surface area (Å²) in [6.45, 7) is 9.66. The molecule has 3 aromatic rings. The number of hydrogen-bond acceptors (Lipinski definition) is 9. The predicted octanol–water partition coefficient (Wildman–Crippen LogP) is 7.01. The fraction of sp³-hybridized carbons (Fsp3) is 0.629. The minimum Gasteiger partial charge on any atom is -0.497 e. The number of halogens is 1. The number of fused-ring (bicyclic) bond motifs is 4. The van der Waals surface area contributed by atoms with Gasteiger partial charge in [0.15, 0.2) is 18.2 Å². The van der Waals surface area contributed by atoms with Crippen molar-refractivity contribution >= 4 is 39.1 Å². The Bertz CT molecular complexity index is 1540. The third kappa shape index (κ3) is 5.69. The molecule has 9 nitrogen and oxygen atoms in total. The maximum Gasteiger partial charge on any atom is 0.201 e. The van der Waals surface area contributed by atoms with Gasteiger partial charge in [-0.25, -0.2) is 14.8 Å². The van der Waals surface area contributed by atoms with Gasteiger partial charge in [0, 0.05) is 47.1 Å². The molecule has 8 atom stereocenters. The van der Waals surface area contributed by atoms with E-state index in [4.69, 9.17) is 45.3 Å². The van der Waals surface area contributed by atoms with Gasteiger partial charge in [0.2, 0.25) is 5.79 Å². The lowest BCUT2D eigenvalue weighted by atomic mass is 9.58. The summed E-state index contributed by atoms with van der Waals surface area (Å²) in [6.07, 6.45) is 4.25. The quantitative estimate of drug-likeness (QED) is 0.143. The zero-order valence-electron chi connectivity index (χ0n) is 27.0. The molecule has 1 aliphatic carbocycles. The average Bonchev–Trinajstić information content (AvgIpc) is 3.26. The number of hydrogen-bond donors (Lipinski definition) is 1. The van der Waals surface area contributed by atoms with Crippen LogP contribution in [-0.2, 0) is 24.0 Å².